The van der Waals surface area contributed by atoms with Crippen molar-refractivity contribution in [3.8, 4) is 0 Å². The highest BCUT2D eigenvalue weighted by Gasteiger charge is 2.05. The van der Waals surface area contributed by atoms with Crippen LogP contribution in [0.15, 0.2) is 24.3 Å². The lowest BCUT2D eigenvalue weighted by Gasteiger charge is -2.12. The van der Waals surface area contributed by atoms with Gasteiger partial charge >= 0.3 is 0 Å². The molecule has 1 aromatic rings. The Balaban J connectivity index is 2.71. The van der Waals surface area contributed by atoms with E-state index in [1.807, 2.05) is 6.92 Å². The average molecular weight is 180 g/mol. The summed E-state index contributed by atoms with van der Waals surface area (Å²) >= 11 is 0. The highest BCUT2D eigenvalue weighted by atomic mass is 19.1. The fourth-order valence-corrected chi connectivity index (χ4v) is 1.08. The highest BCUT2D eigenvalue weighted by Crippen LogP contribution is 2.12. The largest absolute Gasteiger partial charge is 0.350 e. The molecule has 2 nitrogen and oxygen atoms in total. The first-order valence-corrected chi connectivity index (χ1v) is 3.97. The van der Waals surface area contributed by atoms with Crippen LogP contribution in [0.4, 0.5) is 4.39 Å². The Morgan fingerprint density at radius 2 is 2.00 bits per heavy atom. The predicted octanol–water partition coefficient (Wildman–Crippen LogP) is 1.84. The summed E-state index contributed by atoms with van der Waals surface area (Å²) in [6.45, 7) is 5.01. The second-order valence-corrected chi connectivity index (χ2v) is 2.84. The third kappa shape index (κ3) is 2.86. The summed E-state index contributed by atoms with van der Waals surface area (Å²) < 4.78 is 12.5. The molecule has 0 fully saturated rings. The van der Waals surface area contributed by atoms with E-state index in [9.17, 15) is 9.18 Å². The molecule has 0 heterocycles. The molecule has 1 rings (SSSR count). The summed E-state index contributed by atoms with van der Waals surface area (Å²) in [6.07, 6.45) is 0. The molecule has 0 bridgehead atoms. The zero-order valence-electron chi connectivity index (χ0n) is 7.38. The molecule has 0 saturated heterocycles. The second-order valence-electron chi connectivity index (χ2n) is 2.84. The molecule has 69 valence electrons. The molecule has 1 aromatic carbocycles. The Kier molecular flexibility index (Phi) is 3.01. The number of amides is 1. The van der Waals surface area contributed by atoms with Gasteiger partial charge in [0.25, 0.3) is 0 Å². The molecule has 0 aliphatic rings. The van der Waals surface area contributed by atoms with Gasteiger partial charge in [-0.2, -0.15) is 0 Å². The van der Waals surface area contributed by atoms with Crippen molar-refractivity contribution in [2.75, 3.05) is 0 Å². The van der Waals surface area contributed by atoms with Crippen molar-refractivity contribution in [1.82, 2.24) is 5.32 Å². The van der Waals surface area contributed by atoms with E-state index in [0.29, 0.717) is 0 Å². The van der Waals surface area contributed by atoms with Crippen LogP contribution < -0.4 is 5.32 Å². The molecule has 0 aliphatic carbocycles. The van der Waals surface area contributed by atoms with E-state index >= 15 is 0 Å². The van der Waals surface area contributed by atoms with Gasteiger partial charge in [0.2, 0.25) is 5.91 Å². The Labute approximate surface area is 76.8 Å². The van der Waals surface area contributed by atoms with Crippen LogP contribution in [0, 0.1) is 12.7 Å². The zero-order chi connectivity index (χ0) is 9.84. The van der Waals surface area contributed by atoms with Crippen LogP contribution in [0.1, 0.15) is 18.5 Å². The Hall–Kier alpha value is -1.38. The van der Waals surface area contributed by atoms with Crippen molar-refractivity contribution >= 4 is 5.91 Å². The van der Waals surface area contributed by atoms with Crippen LogP contribution in [0.25, 0.3) is 0 Å². The summed E-state index contributed by atoms with van der Waals surface area (Å²) in [7, 11) is 0. The van der Waals surface area contributed by atoms with Crippen molar-refractivity contribution < 1.29 is 9.18 Å². The molecule has 3 heteroatoms. The average Bonchev–Trinajstić information content (AvgIpc) is 2.04. The number of benzene rings is 1. The smallest absolute Gasteiger partial charge is 0.220 e. The number of halogens is 1. The molecule has 0 spiro atoms. The maximum Gasteiger partial charge on any atom is 0.220 e. The fourth-order valence-electron chi connectivity index (χ4n) is 1.08. The number of carbonyl (C=O) groups is 1. The first kappa shape index (κ1) is 9.71. The van der Waals surface area contributed by atoms with Crippen LogP contribution in [0.2, 0.25) is 0 Å². The molecule has 0 saturated carbocycles. The molecular formula is C10H11FNO. The Morgan fingerprint density at radius 3 is 2.46 bits per heavy atom. The molecular weight excluding hydrogens is 169 g/mol. The van der Waals surface area contributed by atoms with Gasteiger partial charge in [-0.3, -0.25) is 4.79 Å². The van der Waals surface area contributed by atoms with Crippen molar-refractivity contribution in [3.05, 3.63) is 42.6 Å². The summed E-state index contributed by atoms with van der Waals surface area (Å²) in [6, 6.07) is 5.86. The summed E-state index contributed by atoms with van der Waals surface area (Å²) in [4.78, 5) is 10.6. The number of hydrogen-bond acceptors (Lipinski definition) is 1. The van der Waals surface area contributed by atoms with Gasteiger partial charge in [-0.25, -0.2) is 4.39 Å². The molecule has 13 heavy (non-hydrogen) atoms. The fraction of sp³-hybridized carbons (Fsp3) is 0.200. The molecule has 1 radical (unpaired) electrons. The summed E-state index contributed by atoms with van der Waals surface area (Å²) in [5, 5.41) is 2.61. The lowest BCUT2D eigenvalue weighted by atomic mass is 10.1. The van der Waals surface area contributed by atoms with Crippen molar-refractivity contribution in [2.24, 2.45) is 0 Å². The first-order valence-electron chi connectivity index (χ1n) is 3.97. The van der Waals surface area contributed by atoms with Crippen LogP contribution in [0.5, 0.6) is 0 Å². The van der Waals surface area contributed by atoms with Gasteiger partial charge in [-0.1, -0.05) is 12.1 Å². The standard InChI is InChI=1S/C10H11FNO/c1-7(12-8(2)13)9-3-5-10(11)6-4-9/h3-7H,2H2,1H3,(H,12,13). The van der Waals surface area contributed by atoms with E-state index in [0.717, 1.165) is 5.56 Å². The minimum absolute atomic E-state index is 0.134. The molecule has 1 unspecified atom stereocenters. The normalized spacial score (nSPS) is 12.2. The molecule has 1 amide bonds. The molecule has 1 atom stereocenters. The Morgan fingerprint density at radius 1 is 1.46 bits per heavy atom. The lowest BCUT2D eigenvalue weighted by Crippen LogP contribution is -2.23. The zero-order valence-corrected chi connectivity index (χ0v) is 7.38. The first-order chi connectivity index (χ1) is 6.09. The van der Waals surface area contributed by atoms with Crippen LogP contribution in [-0.4, -0.2) is 5.91 Å². The van der Waals surface area contributed by atoms with Crippen molar-refractivity contribution in [3.63, 3.8) is 0 Å². The number of nitrogens with one attached hydrogen (secondary N) is 1. The maximum absolute atomic E-state index is 12.5. The topological polar surface area (TPSA) is 29.1 Å². The van der Waals surface area contributed by atoms with E-state index in [1.165, 1.54) is 12.1 Å². The van der Waals surface area contributed by atoms with Crippen LogP contribution >= 0.6 is 0 Å². The monoisotopic (exact) mass is 180 g/mol. The van der Waals surface area contributed by atoms with Crippen molar-refractivity contribution in [1.29, 1.82) is 0 Å². The third-order valence-corrected chi connectivity index (χ3v) is 1.75. The van der Waals surface area contributed by atoms with E-state index in [-0.39, 0.29) is 17.8 Å². The van der Waals surface area contributed by atoms with Crippen LogP contribution in [0.3, 0.4) is 0 Å². The number of carbonyl (C=O) groups excluding carboxylic acids is 1. The van der Waals surface area contributed by atoms with Gasteiger partial charge in [-0.15, -0.1) is 0 Å². The van der Waals surface area contributed by atoms with Crippen molar-refractivity contribution in [2.45, 2.75) is 13.0 Å². The molecule has 1 N–H and O–H groups in total. The Bertz CT molecular complexity index is 294. The highest BCUT2D eigenvalue weighted by molar-refractivity contribution is 5.80. The van der Waals surface area contributed by atoms with E-state index in [2.05, 4.69) is 12.2 Å². The van der Waals surface area contributed by atoms with Gasteiger partial charge in [0.15, 0.2) is 0 Å². The minimum Gasteiger partial charge on any atom is -0.350 e. The van der Waals surface area contributed by atoms with Gasteiger partial charge in [-0.05, 0) is 24.6 Å². The quantitative estimate of drug-likeness (QED) is 0.739. The van der Waals surface area contributed by atoms with E-state index < -0.39 is 0 Å². The van der Waals surface area contributed by atoms with Gasteiger partial charge in [0.1, 0.15) is 5.82 Å². The van der Waals surface area contributed by atoms with Gasteiger partial charge < -0.3 is 5.32 Å². The SMILES string of the molecule is [CH2]C(=O)NC(C)c1ccc(F)cc1. The predicted molar refractivity (Wildman–Crippen MR) is 48.3 cm³/mol. The van der Waals surface area contributed by atoms with Gasteiger partial charge in [0.05, 0.1) is 6.04 Å². The number of hydrogen-bond donors (Lipinski definition) is 1. The number of rotatable bonds is 2. The summed E-state index contributed by atoms with van der Waals surface area (Å²) in [5.41, 5.74) is 0.860. The van der Waals surface area contributed by atoms with Crippen LogP contribution in [-0.2, 0) is 4.79 Å². The third-order valence-electron chi connectivity index (χ3n) is 1.75. The molecule has 0 aromatic heterocycles. The van der Waals surface area contributed by atoms with E-state index in [4.69, 9.17) is 0 Å². The van der Waals surface area contributed by atoms with Gasteiger partial charge in [0, 0.05) is 6.92 Å². The minimum atomic E-state index is -0.336. The maximum atomic E-state index is 12.5. The second kappa shape index (κ2) is 4.03. The lowest BCUT2D eigenvalue weighted by molar-refractivity contribution is -0.117. The summed E-state index contributed by atoms with van der Waals surface area (Å²) in [5.74, 6) is -0.617. The molecule has 0 aliphatic heterocycles. The van der Waals surface area contributed by atoms with E-state index in [1.54, 1.807) is 12.1 Å².